The lowest BCUT2D eigenvalue weighted by molar-refractivity contribution is -0.126. The summed E-state index contributed by atoms with van der Waals surface area (Å²) in [7, 11) is 1.32. The van der Waals surface area contributed by atoms with Crippen molar-refractivity contribution < 1.29 is 19.5 Å². The van der Waals surface area contributed by atoms with Crippen LogP contribution in [0.15, 0.2) is 48.5 Å². The average Bonchev–Trinajstić information content (AvgIpc) is 2.81. The Labute approximate surface area is 196 Å². The highest BCUT2D eigenvalue weighted by Crippen LogP contribution is 2.29. The molecule has 6 heteroatoms. The lowest BCUT2D eigenvalue weighted by Crippen LogP contribution is -2.36. The minimum absolute atomic E-state index is 0.0418. The first-order valence-electron chi connectivity index (χ1n) is 11.6. The monoisotopic (exact) mass is 450 g/mol. The molecule has 0 unspecified atom stereocenters. The maximum Gasteiger partial charge on any atom is 0.278 e. The predicted molar refractivity (Wildman–Crippen MR) is 130 cm³/mol. The number of phenols is 1. The van der Waals surface area contributed by atoms with E-state index in [0.717, 1.165) is 32.4 Å². The molecule has 2 aromatic carbocycles. The molecule has 0 atom stereocenters. The van der Waals surface area contributed by atoms with Gasteiger partial charge in [-0.1, -0.05) is 44.2 Å². The van der Waals surface area contributed by atoms with Gasteiger partial charge in [0, 0.05) is 19.2 Å². The maximum absolute atomic E-state index is 12.7. The van der Waals surface area contributed by atoms with Crippen molar-refractivity contribution in [2.75, 3.05) is 20.2 Å². The van der Waals surface area contributed by atoms with Crippen LogP contribution in [0.3, 0.4) is 0 Å². The maximum atomic E-state index is 12.7. The zero-order chi connectivity index (χ0) is 23.8. The normalized spacial score (nSPS) is 14.7. The molecule has 1 heterocycles. The number of hydrogen-bond acceptors (Lipinski definition) is 4. The molecule has 6 nitrogen and oxygen atoms in total. The molecule has 0 saturated carbocycles. The number of carbonyl (C=O) groups excluding carboxylic acids is 2. The van der Waals surface area contributed by atoms with Gasteiger partial charge in [-0.25, -0.2) is 5.48 Å². The van der Waals surface area contributed by atoms with E-state index in [9.17, 15) is 14.7 Å². The summed E-state index contributed by atoms with van der Waals surface area (Å²) in [6.45, 7) is 5.96. The lowest BCUT2D eigenvalue weighted by atomic mass is 9.88. The van der Waals surface area contributed by atoms with Crippen molar-refractivity contribution in [2.24, 2.45) is 5.92 Å². The first kappa shape index (κ1) is 24.5. The van der Waals surface area contributed by atoms with Crippen LogP contribution in [0.1, 0.15) is 66.1 Å². The number of carbonyl (C=O) groups is 2. The van der Waals surface area contributed by atoms with Gasteiger partial charge in [0.1, 0.15) is 5.75 Å². The Kier molecular flexibility index (Phi) is 8.66. The Morgan fingerprint density at radius 2 is 1.94 bits per heavy atom. The Morgan fingerprint density at radius 1 is 1.18 bits per heavy atom. The first-order valence-corrected chi connectivity index (χ1v) is 11.6. The molecule has 1 fully saturated rings. The SMILES string of the molecule is CONC(=O)c1ccc(/C=C/C(=O)N2CCC(c3cccc(CCC(C)C)c3)CC2)cc1O. The number of aryl methyl sites for hydroxylation is 1. The quantitative estimate of drug-likeness (QED) is 0.452. The van der Waals surface area contributed by atoms with Gasteiger partial charge in [0.25, 0.3) is 5.91 Å². The van der Waals surface area contributed by atoms with Crippen molar-refractivity contribution >= 4 is 17.9 Å². The molecule has 3 rings (SSSR count). The zero-order valence-electron chi connectivity index (χ0n) is 19.7. The number of rotatable bonds is 8. The minimum atomic E-state index is -0.532. The third kappa shape index (κ3) is 6.93. The molecule has 176 valence electrons. The van der Waals surface area contributed by atoms with Crippen LogP contribution in [0.5, 0.6) is 5.75 Å². The third-order valence-corrected chi connectivity index (χ3v) is 6.12. The van der Waals surface area contributed by atoms with E-state index in [-0.39, 0.29) is 17.2 Å². The van der Waals surface area contributed by atoms with Gasteiger partial charge >= 0.3 is 0 Å². The van der Waals surface area contributed by atoms with Crippen molar-refractivity contribution in [3.05, 3.63) is 70.8 Å². The first-order chi connectivity index (χ1) is 15.9. The lowest BCUT2D eigenvalue weighted by Gasteiger charge is -2.31. The van der Waals surface area contributed by atoms with E-state index in [0.29, 0.717) is 17.4 Å². The number of benzene rings is 2. The molecular formula is C27H34N2O4. The highest BCUT2D eigenvalue weighted by molar-refractivity contribution is 5.97. The Balaban J connectivity index is 1.54. The number of nitrogens with one attached hydrogen (secondary N) is 1. The van der Waals surface area contributed by atoms with E-state index in [1.807, 2.05) is 4.90 Å². The summed E-state index contributed by atoms with van der Waals surface area (Å²) < 4.78 is 0. The van der Waals surface area contributed by atoms with Crippen molar-refractivity contribution in [2.45, 2.75) is 45.4 Å². The number of likely N-dealkylation sites (tertiary alicyclic amines) is 1. The molecule has 2 N–H and O–H groups in total. The molecule has 0 aliphatic carbocycles. The van der Waals surface area contributed by atoms with Gasteiger partial charge in [-0.2, -0.15) is 0 Å². The summed E-state index contributed by atoms with van der Waals surface area (Å²) in [5.41, 5.74) is 5.70. The van der Waals surface area contributed by atoms with Gasteiger partial charge in [-0.3, -0.25) is 14.4 Å². The van der Waals surface area contributed by atoms with Crippen LogP contribution in [-0.2, 0) is 16.1 Å². The van der Waals surface area contributed by atoms with Crippen LogP contribution in [-0.4, -0.2) is 42.0 Å². The van der Waals surface area contributed by atoms with Crippen LogP contribution in [0, 0.1) is 5.92 Å². The van der Waals surface area contributed by atoms with Crippen molar-refractivity contribution in [1.82, 2.24) is 10.4 Å². The van der Waals surface area contributed by atoms with E-state index in [2.05, 4.69) is 48.4 Å². The molecule has 0 aromatic heterocycles. The predicted octanol–water partition coefficient (Wildman–Crippen LogP) is 4.69. The van der Waals surface area contributed by atoms with Crippen molar-refractivity contribution in [1.29, 1.82) is 0 Å². The summed E-state index contributed by atoms with van der Waals surface area (Å²) in [5, 5.41) is 10.1. The Hall–Kier alpha value is -3.12. The number of aromatic hydroxyl groups is 1. The van der Waals surface area contributed by atoms with Gasteiger partial charge in [0.2, 0.25) is 5.91 Å². The number of hydrogen-bond donors (Lipinski definition) is 2. The van der Waals surface area contributed by atoms with E-state index in [4.69, 9.17) is 0 Å². The van der Waals surface area contributed by atoms with E-state index in [1.54, 1.807) is 12.1 Å². The number of amides is 2. The molecule has 0 radical (unpaired) electrons. The fourth-order valence-electron chi connectivity index (χ4n) is 4.16. The molecular weight excluding hydrogens is 416 g/mol. The second kappa shape index (κ2) is 11.7. The number of piperidine rings is 1. The zero-order valence-corrected chi connectivity index (χ0v) is 19.7. The standard InChI is InChI=1S/C27H34N2O4/c1-19(2)7-8-20-5-4-6-23(17-20)22-13-15-29(16-14-22)26(31)12-10-21-9-11-24(25(30)18-21)27(32)28-33-3/h4-6,9-12,17-19,22,30H,7-8,13-16H2,1-3H3,(H,28,32)/b12-10+. The van der Waals surface area contributed by atoms with Crippen LogP contribution in [0.4, 0.5) is 0 Å². The van der Waals surface area contributed by atoms with E-state index < -0.39 is 5.91 Å². The summed E-state index contributed by atoms with van der Waals surface area (Å²) in [4.78, 5) is 30.9. The topological polar surface area (TPSA) is 78.9 Å². The number of phenolic OH excluding ortho intramolecular Hbond substituents is 1. The van der Waals surface area contributed by atoms with Gasteiger partial charge in [-0.05, 0) is 72.4 Å². The molecule has 33 heavy (non-hydrogen) atoms. The van der Waals surface area contributed by atoms with Gasteiger partial charge in [0.15, 0.2) is 0 Å². The molecule has 2 amide bonds. The highest BCUT2D eigenvalue weighted by atomic mass is 16.6. The molecule has 0 spiro atoms. The molecule has 2 aromatic rings. The van der Waals surface area contributed by atoms with Crippen LogP contribution in [0.25, 0.3) is 6.08 Å². The summed E-state index contributed by atoms with van der Waals surface area (Å²) in [6.07, 6.45) is 7.40. The van der Waals surface area contributed by atoms with Crippen molar-refractivity contribution in [3.63, 3.8) is 0 Å². The molecule has 1 aliphatic rings. The minimum Gasteiger partial charge on any atom is -0.507 e. The summed E-state index contributed by atoms with van der Waals surface area (Å²) >= 11 is 0. The second-order valence-electron chi connectivity index (χ2n) is 9.02. The average molecular weight is 451 g/mol. The number of hydroxylamine groups is 1. The van der Waals surface area contributed by atoms with Crippen LogP contribution >= 0.6 is 0 Å². The smallest absolute Gasteiger partial charge is 0.278 e. The third-order valence-electron chi connectivity index (χ3n) is 6.12. The molecule has 1 saturated heterocycles. The van der Waals surface area contributed by atoms with Gasteiger partial charge in [-0.15, -0.1) is 0 Å². The second-order valence-corrected chi connectivity index (χ2v) is 9.02. The number of nitrogens with zero attached hydrogens (tertiary/aromatic N) is 1. The largest absolute Gasteiger partial charge is 0.507 e. The van der Waals surface area contributed by atoms with Gasteiger partial charge in [0.05, 0.1) is 12.7 Å². The fourth-order valence-corrected chi connectivity index (χ4v) is 4.16. The van der Waals surface area contributed by atoms with Gasteiger partial charge < -0.3 is 10.0 Å². The molecule has 1 aliphatic heterocycles. The van der Waals surface area contributed by atoms with Crippen LogP contribution < -0.4 is 5.48 Å². The van der Waals surface area contributed by atoms with Crippen LogP contribution in [0.2, 0.25) is 0 Å². The Bertz CT molecular complexity index is 991. The highest BCUT2D eigenvalue weighted by Gasteiger charge is 2.23. The van der Waals surface area contributed by atoms with Crippen molar-refractivity contribution in [3.8, 4) is 5.75 Å². The molecule has 0 bridgehead atoms. The Morgan fingerprint density at radius 3 is 2.61 bits per heavy atom. The summed E-state index contributed by atoms with van der Waals surface area (Å²) in [5.74, 6) is 0.443. The van der Waals surface area contributed by atoms with E-state index >= 15 is 0 Å². The fraction of sp³-hybridized carbons (Fsp3) is 0.407. The van der Waals surface area contributed by atoms with E-state index in [1.165, 1.54) is 42.9 Å². The summed E-state index contributed by atoms with van der Waals surface area (Å²) in [6, 6.07) is 13.5.